The lowest BCUT2D eigenvalue weighted by atomic mass is 10.2. The Labute approximate surface area is 241 Å². The van der Waals surface area contributed by atoms with Crippen molar-refractivity contribution in [1.29, 1.82) is 0 Å². The van der Waals surface area contributed by atoms with Gasteiger partial charge < -0.3 is 40.9 Å². The first kappa shape index (κ1) is 29.8. The predicted octanol–water partition coefficient (Wildman–Crippen LogP) is 3.27. The van der Waals surface area contributed by atoms with Crippen LogP contribution in [-0.4, -0.2) is 90.9 Å². The summed E-state index contributed by atoms with van der Waals surface area (Å²) in [6.07, 6.45) is 3.20. The third-order valence-electron chi connectivity index (χ3n) is 6.65. The molecule has 11 nitrogen and oxygen atoms in total. The van der Waals surface area contributed by atoms with Crippen LogP contribution in [0.2, 0.25) is 0 Å². The van der Waals surface area contributed by atoms with E-state index in [0.29, 0.717) is 23.6 Å². The van der Waals surface area contributed by atoms with Gasteiger partial charge in [0.2, 0.25) is 5.88 Å². The average Bonchev–Trinajstić information content (AvgIpc) is 2.94. The van der Waals surface area contributed by atoms with Crippen molar-refractivity contribution in [2.45, 2.75) is 19.6 Å². The first-order valence-corrected chi connectivity index (χ1v) is 13.8. The van der Waals surface area contributed by atoms with Crippen molar-refractivity contribution < 1.29 is 14.6 Å². The Hall–Kier alpha value is -4.19. The zero-order valence-corrected chi connectivity index (χ0v) is 24.2. The van der Waals surface area contributed by atoms with E-state index in [0.717, 1.165) is 44.1 Å². The molecule has 1 saturated heterocycles. The highest BCUT2D eigenvalue weighted by molar-refractivity contribution is 5.96. The molecule has 0 saturated carbocycles. The van der Waals surface area contributed by atoms with Crippen molar-refractivity contribution in [3.63, 3.8) is 0 Å². The Bertz CT molecular complexity index is 1340. The number of ether oxygens (including phenoxy) is 1. The lowest BCUT2D eigenvalue weighted by Gasteiger charge is -2.34. The predicted molar refractivity (Wildman–Crippen MR) is 163 cm³/mol. The Morgan fingerprint density at radius 2 is 1.85 bits per heavy atom. The van der Waals surface area contributed by atoms with E-state index in [2.05, 4.69) is 37.4 Å². The number of hydrogen-bond acceptors (Lipinski definition) is 10. The minimum atomic E-state index is -0.857. The number of hydrogen-bond donors (Lipinski definition) is 4. The van der Waals surface area contributed by atoms with Crippen LogP contribution in [0.4, 0.5) is 22.9 Å². The molecular weight excluding hydrogens is 520 g/mol. The van der Waals surface area contributed by atoms with Gasteiger partial charge in [-0.15, -0.1) is 0 Å². The van der Waals surface area contributed by atoms with Gasteiger partial charge in [-0.05, 0) is 70.0 Å². The second-order valence-electron chi connectivity index (χ2n) is 10.3. The van der Waals surface area contributed by atoms with Crippen LogP contribution in [0.3, 0.4) is 0 Å². The largest absolute Gasteiger partial charge is 0.437 e. The second kappa shape index (κ2) is 13.9. The maximum Gasteiger partial charge on any atom is 0.271 e. The smallest absolute Gasteiger partial charge is 0.271 e. The number of nitrogens with two attached hydrogens (primary N) is 1. The summed E-state index contributed by atoms with van der Waals surface area (Å²) < 4.78 is 6.13. The molecule has 1 unspecified atom stereocenters. The first-order valence-electron chi connectivity index (χ1n) is 13.8. The van der Waals surface area contributed by atoms with Crippen LogP contribution >= 0.6 is 0 Å². The monoisotopic (exact) mass is 560 g/mol. The molecule has 5 N–H and O–H groups in total. The normalized spacial score (nSPS) is 14.8. The van der Waals surface area contributed by atoms with Gasteiger partial charge in [0.15, 0.2) is 11.5 Å². The number of nitrogens with zero attached hydrogens (tertiary/aromatic N) is 5. The average molecular weight is 561 g/mol. The highest BCUT2D eigenvalue weighted by Gasteiger charge is 2.19. The molecule has 0 radical (unpaired) electrons. The summed E-state index contributed by atoms with van der Waals surface area (Å²) in [5.41, 5.74) is 8.77. The van der Waals surface area contributed by atoms with E-state index < -0.39 is 12.1 Å². The van der Waals surface area contributed by atoms with Gasteiger partial charge in [0.05, 0.1) is 0 Å². The molecule has 3 aromatic rings. The zero-order valence-electron chi connectivity index (χ0n) is 24.2. The van der Waals surface area contributed by atoms with Crippen LogP contribution in [0.25, 0.3) is 0 Å². The second-order valence-corrected chi connectivity index (χ2v) is 10.3. The molecule has 1 atom stereocenters. The van der Waals surface area contributed by atoms with E-state index in [1.54, 1.807) is 18.2 Å². The molecule has 4 rings (SSSR count). The van der Waals surface area contributed by atoms with E-state index >= 15 is 0 Å². The third kappa shape index (κ3) is 8.40. The summed E-state index contributed by atoms with van der Waals surface area (Å²) in [5, 5.41) is 16.5. The number of piperazine rings is 1. The van der Waals surface area contributed by atoms with Crippen molar-refractivity contribution in [3.05, 3.63) is 72.1 Å². The van der Waals surface area contributed by atoms with Crippen LogP contribution in [-0.2, 0) is 6.42 Å². The summed E-state index contributed by atoms with van der Waals surface area (Å²) in [6, 6.07) is 15.2. The summed E-state index contributed by atoms with van der Waals surface area (Å²) >= 11 is 0. The first-order chi connectivity index (χ1) is 19.7. The number of nitrogens with one attached hydrogen (secondary N) is 2. The van der Waals surface area contributed by atoms with Gasteiger partial charge >= 0.3 is 0 Å². The number of benzene rings is 2. The van der Waals surface area contributed by atoms with E-state index in [-0.39, 0.29) is 17.4 Å². The lowest BCUT2D eigenvalue weighted by Crippen LogP contribution is -2.44. The Balaban J connectivity index is 1.52. The fourth-order valence-corrected chi connectivity index (χ4v) is 4.36. The van der Waals surface area contributed by atoms with Crippen molar-refractivity contribution in [3.8, 4) is 11.6 Å². The van der Waals surface area contributed by atoms with Crippen LogP contribution < -0.4 is 26.0 Å². The van der Waals surface area contributed by atoms with Crippen LogP contribution in [0.5, 0.6) is 11.6 Å². The number of aryl methyl sites for hydroxylation is 1. The summed E-state index contributed by atoms with van der Waals surface area (Å²) in [5.74, 6) is 0.293. The molecule has 41 heavy (non-hydrogen) atoms. The highest BCUT2D eigenvalue weighted by atomic mass is 16.5. The highest BCUT2D eigenvalue weighted by Crippen LogP contribution is 2.30. The topological polar surface area (TPSA) is 132 Å². The van der Waals surface area contributed by atoms with Crippen LogP contribution in [0.1, 0.15) is 23.1 Å². The molecule has 1 amide bonds. The van der Waals surface area contributed by atoms with Crippen LogP contribution in [0.15, 0.2) is 60.7 Å². The molecule has 1 aliphatic rings. The zero-order chi connectivity index (χ0) is 29.4. The van der Waals surface area contributed by atoms with E-state index in [4.69, 9.17) is 10.5 Å². The van der Waals surface area contributed by atoms with E-state index in [1.807, 2.05) is 68.4 Å². The van der Waals surface area contributed by atoms with Gasteiger partial charge in [-0.3, -0.25) is 4.79 Å². The van der Waals surface area contributed by atoms with E-state index in [1.165, 1.54) is 0 Å². The van der Waals surface area contributed by atoms with Gasteiger partial charge in [0.1, 0.15) is 17.7 Å². The number of likely N-dealkylation sites (N-methyl/N-ethyl adjacent to an activating group) is 2. The number of amides is 1. The number of rotatable bonds is 12. The molecule has 2 aromatic carbocycles. The molecule has 1 aliphatic heterocycles. The Morgan fingerprint density at radius 1 is 1.12 bits per heavy atom. The number of anilines is 4. The molecule has 0 aliphatic carbocycles. The quantitative estimate of drug-likeness (QED) is 0.193. The fraction of sp³-hybridized carbons (Fsp3) is 0.367. The van der Waals surface area contributed by atoms with Crippen molar-refractivity contribution in [2.75, 3.05) is 69.4 Å². The maximum absolute atomic E-state index is 12.3. The third-order valence-corrected chi connectivity index (χ3v) is 6.65. The summed E-state index contributed by atoms with van der Waals surface area (Å²) in [6.45, 7) is 6.62. The Morgan fingerprint density at radius 3 is 2.51 bits per heavy atom. The maximum atomic E-state index is 12.3. The summed E-state index contributed by atoms with van der Waals surface area (Å²) in [7, 11) is 6.05. The minimum Gasteiger partial charge on any atom is -0.437 e. The Kier molecular flexibility index (Phi) is 10.1. The van der Waals surface area contributed by atoms with Gasteiger partial charge in [-0.25, -0.2) is 4.98 Å². The van der Waals surface area contributed by atoms with Gasteiger partial charge in [-0.1, -0.05) is 19.1 Å². The number of aliphatic hydroxyl groups is 1. The standard InChI is InChI=1S/C30H40N8O3/c1-5-25-30(41-24-9-6-8-22(20-24)32-26(39)10-7-15-36(2)3)35-29(27(34-25)28(31)40)33-21-11-13-23(14-12-21)38-18-16-37(4)17-19-38/h6-14,20,26,32,39H,5,15-19H2,1-4H3,(H2,31,40)(H,33,35)/b10-7+. The van der Waals surface area contributed by atoms with Crippen molar-refractivity contribution in [1.82, 2.24) is 19.8 Å². The van der Waals surface area contributed by atoms with Gasteiger partial charge in [0.25, 0.3) is 5.91 Å². The molecule has 0 bridgehead atoms. The molecule has 0 spiro atoms. The SMILES string of the molecule is CCc1nc(C(N)=O)c(Nc2ccc(N3CCN(C)CC3)cc2)nc1Oc1cccc(NC(O)/C=C/CN(C)C)c1. The number of aliphatic hydroxyl groups excluding tert-OH is 1. The van der Waals surface area contributed by atoms with Crippen molar-refractivity contribution >= 4 is 28.8 Å². The minimum absolute atomic E-state index is 0.0420. The molecular formula is C30H40N8O3. The van der Waals surface area contributed by atoms with E-state index in [9.17, 15) is 9.90 Å². The van der Waals surface area contributed by atoms with Gasteiger partial charge in [0, 0.05) is 55.9 Å². The number of primary amides is 1. The molecule has 1 aromatic heterocycles. The fourth-order valence-electron chi connectivity index (χ4n) is 4.36. The summed E-state index contributed by atoms with van der Waals surface area (Å²) in [4.78, 5) is 28.1. The molecule has 1 fully saturated rings. The number of aromatic nitrogens is 2. The molecule has 11 heteroatoms. The number of carbonyl (C=O) groups is 1. The van der Waals surface area contributed by atoms with Crippen LogP contribution in [0, 0.1) is 0 Å². The lowest BCUT2D eigenvalue weighted by molar-refractivity contribution is 0.0996. The van der Waals surface area contributed by atoms with Crippen molar-refractivity contribution in [2.24, 2.45) is 5.73 Å². The van der Waals surface area contributed by atoms with Gasteiger partial charge in [-0.2, -0.15) is 4.98 Å². The molecule has 2 heterocycles. The number of carbonyl (C=O) groups excluding carboxylic acids is 1. The molecule has 218 valence electrons.